The molecule has 0 radical (unpaired) electrons. The van der Waals surface area contributed by atoms with Crippen molar-refractivity contribution >= 4 is 81.1 Å². The highest BCUT2D eigenvalue weighted by molar-refractivity contribution is 14.1. The number of rotatable bonds is 10. The molecular weight excluding hydrogens is 662 g/mol. The quantitative estimate of drug-likeness (QED) is 0.118. The average Bonchev–Trinajstić information content (AvgIpc) is 2.91. The molecule has 3 rings (SSSR count). The van der Waals surface area contributed by atoms with E-state index in [4.69, 9.17) is 37.4 Å². The van der Waals surface area contributed by atoms with E-state index in [0.717, 1.165) is 0 Å². The fourth-order valence-corrected chi connectivity index (χ4v) is 4.25. The largest absolute Gasteiger partial charge is 0.493 e. The average molecular weight is 685 g/mol. The van der Waals surface area contributed by atoms with E-state index in [2.05, 4.69) is 21.2 Å². The van der Waals surface area contributed by atoms with E-state index in [1.165, 1.54) is 13.3 Å². The van der Waals surface area contributed by atoms with Crippen molar-refractivity contribution in [2.24, 2.45) is 5.10 Å². The molecule has 3 aromatic carbocycles. The molecule has 39 heavy (non-hydrogen) atoms. The van der Waals surface area contributed by atoms with E-state index in [-0.39, 0.29) is 11.6 Å². The number of nitrogens with zero attached hydrogens (tertiary/aromatic N) is 1. The molecule has 0 fully saturated rings. The van der Waals surface area contributed by atoms with Crippen molar-refractivity contribution in [2.75, 3.05) is 31.0 Å². The lowest BCUT2D eigenvalue weighted by atomic mass is 10.2. The zero-order valence-electron chi connectivity index (χ0n) is 20.7. The molecule has 13 heteroatoms. The van der Waals surface area contributed by atoms with Gasteiger partial charge in [-0.2, -0.15) is 5.10 Å². The SMILES string of the molecule is CCOc1ccccc1NC(=O)C(=O)N/N=C\c1cc(I)c(OCC(=O)Nc2cccc(Cl)c2Cl)c(OC)c1. The van der Waals surface area contributed by atoms with Crippen molar-refractivity contribution in [2.45, 2.75) is 6.92 Å². The van der Waals surface area contributed by atoms with E-state index in [1.807, 2.05) is 29.5 Å². The summed E-state index contributed by atoms with van der Waals surface area (Å²) in [6.45, 7) is 1.89. The van der Waals surface area contributed by atoms with Crippen LogP contribution < -0.4 is 30.3 Å². The van der Waals surface area contributed by atoms with Crippen LogP contribution in [0.1, 0.15) is 12.5 Å². The number of hydrogen-bond donors (Lipinski definition) is 3. The van der Waals surface area contributed by atoms with Gasteiger partial charge in [0.2, 0.25) is 0 Å². The number of halogens is 3. The normalized spacial score (nSPS) is 10.6. The third kappa shape index (κ3) is 8.47. The maximum Gasteiger partial charge on any atom is 0.329 e. The summed E-state index contributed by atoms with van der Waals surface area (Å²) in [5, 5.41) is 9.51. The maximum atomic E-state index is 12.4. The zero-order chi connectivity index (χ0) is 28.4. The van der Waals surface area contributed by atoms with Gasteiger partial charge in [0.1, 0.15) is 5.75 Å². The highest BCUT2D eigenvalue weighted by atomic mass is 127. The van der Waals surface area contributed by atoms with Crippen LogP contribution in [0.5, 0.6) is 17.2 Å². The van der Waals surface area contributed by atoms with Gasteiger partial charge in [0.25, 0.3) is 5.91 Å². The van der Waals surface area contributed by atoms with Crippen LogP contribution in [0, 0.1) is 3.57 Å². The van der Waals surface area contributed by atoms with Crippen LogP contribution in [-0.2, 0) is 14.4 Å². The fraction of sp³-hybridized carbons (Fsp3) is 0.154. The summed E-state index contributed by atoms with van der Waals surface area (Å²) in [4.78, 5) is 36.8. The number of amides is 3. The fourth-order valence-electron chi connectivity index (χ4n) is 3.13. The first-order valence-corrected chi connectivity index (χ1v) is 13.2. The highest BCUT2D eigenvalue weighted by Gasteiger charge is 2.16. The Bertz CT molecular complexity index is 1400. The standard InChI is InChI=1S/C26H23Cl2IN4O6/c1-3-38-20-10-5-4-8-18(20)32-25(35)26(36)33-30-13-15-11-17(29)24(21(12-15)37-2)39-14-22(34)31-19-9-6-7-16(27)23(19)28/h4-13H,3,14H2,1-2H3,(H,31,34)(H,32,35)(H,33,36)/b30-13-. The summed E-state index contributed by atoms with van der Waals surface area (Å²) in [6, 6.07) is 14.9. The van der Waals surface area contributed by atoms with Crippen LogP contribution in [0.3, 0.4) is 0 Å². The Balaban J connectivity index is 1.60. The molecule has 0 saturated carbocycles. The van der Waals surface area contributed by atoms with E-state index in [1.54, 1.807) is 54.6 Å². The molecule has 0 spiro atoms. The van der Waals surface area contributed by atoms with Crippen molar-refractivity contribution < 1.29 is 28.6 Å². The lowest BCUT2D eigenvalue weighted by molar-refractivity contribution is -0.136. The van der Waals surface area contributed by atoms with Gasteiger partial charge < -0.3 is 24.8 Å². The first-order valence-electron chi connectivity index (χ1n) is 11.3. The monoisotopic (exact) mass is 684 g/mol. The third-order valence-electron chi connectivity index (χ3n) is 4.85. The van der Waals surface area contributed by atoms with E-state index in [9.17, 15) is 14.4 Å². The van der Waals surface area contributed by atoms with Crippen LogP contribution in [0.25, 0.3) is 0 Å². The van der Waals surface area contributed by atoms with Crippen LogP contribution in [0.15, 0.2) is 59.7 Å². The molecule has 0 aliphatic carbocycles. The number of para-hydroxylation sites is 2. The predicted octanol–water partition coefficient (Wildman–Crippen LogP) is 5.11. The summed E-state index contributed by atoms with van der Waals surface area (Å²) < 4.78 is 17.1. The molecule has 0 atom stereocenters. The number of carbonyl (C=O) groups is 3. The van der Waals surface area contributed by atoms with Crippen LogP contribution >= 0.6 is 45.8 Å². The predicted molar refractivity (Wildman–Crippen MR) is 158 cm³/mol. The molecule has 0 heterocycles. The minimum Gasteiger partial charge on any atom is -0.493 e. The molecule has 204 valence electrons. The smallest absolute Gasteiger partial charge is 0.329 e. The number of hydrogen-bond acceptors (Lipinski definition) is 7. The second kappa shape index (κ2) is 14.6. The minimum absolute atomic E-state index is 0.225. The second-order valence-corrected chi connectivity index (χ2v) is 9.50. The van der Waals surface area contributed by atoms with Gasteiger partial charge in [-0.05, 0) is 71.5 Å². The Labute approximate surface area is 248 Å². The molecule has 0 bridgehead atoms. The van der Waals surface area contributed by atoms with E-state index >= 15 is 0 Å². The number of hydrazone groups is 1. The van der Waals surface area contributed by atoms with Crippen molar-refractivity contribution in [3.05, 3.63) is 73.8 Å². The van der Waals surface area contributed by atoms with Crippen molar-refractivity contribution in [3.8, 4) is 17.2 Å². The van der Waals surface area contributed by atoms with E-state index in [0.29, 0.717) is 49.4 Å². The summed E-state index contributed by atoms with van der Waals surface area (Å²) in [7, 11) is 1.44. The lowest BCUT2D eigenvalue weighted by Crippen LogP contribution is -2.32. The van der Waals surface area contributed by atoms with Crippen molar-refractivity contribution in [1.29, 1.82) is 0 Å². The number of carbonyl (C=O) groups excluding carboxylic acids is 3. The Hall–Kier alpha value is -3.55. The molecule has 3 amide bonds. The van der Waals surface area contributed by atoms with Gasteiger partial charge in [-0.15, -0.1) is 0 Å². The number of nitrogens with one attached hydrogen (secondary N) is 3. The first-order chi connectivity index (χ1) is 18.7. The summed E-state index contributed by atoms with van der Waals surface area (Å²) >= 11 is 14.1. The van der Waals surface area contributed by atoms with Gasteiger partial charge in [-0.25, -0.2) is 5.43 Å². The van der Waals surface area contributed by atoms with Gasteiger partial charge in [0.05, 0.1) is 44.9 Å². The van der Waals surface area contributed by atoms with Gasteiger partial charge in [0.15, 0.2) is 18.1 Å². The topological polar surface area (TPSA) is 127 Å². The molecule has 0 saturated heterocycles. The molecule has 10 nitrogen and oxygen atoms in total. The molecule has 0 aromatic heterocycles. The second-order valence-electron chi connectivity index (χ2n) is 7.55. The number of benzene rings is 3. The molecule has 3 aromatic rings. The van der Waals surface area contributed by atoms with E-state index < -0.39 is 17.7 Å². The number of methoxy groups -OCH3 is 1. The van der Waals surface area contributed by atoms with Crippen LogP contribution in [0.4, 0.5) is 11.4 Å². The van der Waals surface area contributed by atoms with Crippen LogP contribution in [0.2, 0.25) is 10.0 Å². The summed E-state index contributed by atoms with van der Waals surface area (Å²) in [6.07, 6.45) is 1.33. The first kappa shape index (κ1) is 30.0. The third-order valence-corrected chi connectivity index (χ3v) is 6.47. The van der Waals surface area contributed by atoms with Gasteiger partial charge in [-0.3, -0.25) is 14.4 Å². The maximum absolute atomic E-state index is 12.4. The molecule has 0 aliphatic heterocycles. The zero-order valence-corrected chi connectivity index (χ0v) is 24.4. The van der Waals surface area contributed by atoms with Crippen molar-refractivity contribution in [3.63, 3.8) is 0 Å². The molecule has 0 unspecified atom stereocenters. The van der Waals surface area contributed by atoms with Gasteiger partial charge >= 0.3 is 11.8 Å². The van der Waals surface area contributed by atoms with Crippen molar-refractivity contribution in [1.82, 2.24) is 5.43 Å². The Morgan fingerprint density at radius 2 is 1.69 bits per heavy atom. The summed E-state index contributed by atoms with van der Waals surface area (Å²) in [5.41, 5.74) is 3.44. The van der Waals surface area contributed by atoms with Crippen LogP contribution in [-0.4, -0.2) is 44.3 Å². The molecule has 3 N–H and O–H groups in total. The Morgan fingerprint density at radius 1 is 0.949 bits per heavy atom. The number of anilines is 2. The Morgan fingerprint density at radius 3 is 2.44 bits per heavy atom. The minimum atomic E-state index is -0.968. The van der Waals surface area contributed by atoms with Gasteiger partial charge in [-0.1, -0.05) is 41.4 Å². The lowest BCUT2D eigenvalue weighted by Gasteiger charge is -2.14. The molecule has 0 aliphatic rings. The molecular formula is C26H23Cl2IN4O6. The summed E-state index contributed by atoms with van der Waals surface area (Å²) in [5.74, 6) is -1.23. The highest BCUT2D eigenvalue weighted by Crippen LogP contribution is 2.34. The van der Waals surface area contributed by atoms with Gasteiger partial charge in [0, 0.05) is 0 Å². The number of ether oxygens (including phenoxy) is 3. The Kier molecular flexibility index (Phi) is 11.2.